The molecule has 0 spiro atoms. The van der Waals surface area contributed by atoms with Gasteiger partial charge in [0, 0.05) is 0 Å². The number of rotatable bonds is 1. The average molecular weight is 204 g/mol. The van der Waals surface area contributed by atoms with Crippen molar-refractivity contribution in [2.75, 3.05) is 0 Å². The zero-order valence-corrected chi connectivity index (χ0v) is 10.4. The highest BCUT2D eigenvalue weighted by molar-refractivity contribution is 5.15. The molecule has 0 N–H and O–H groups in total. The van der Waals surface area contributed by atoms with E-state index in [1.807, 2.05) is 0 Å². The van der Waals surface area contributed by atoms with Crippen LogP contribution in [0.3, 0.4) is 0 Å². The van der Waals surface area contributed by atoms with Gasteiger partial charge in [-0.1, -0.05) is 30.7 Å². The maximum atomic E-state index is 4.19. The smallest absolute Gasteiger partial charge is 0.0134 e. The summed E-state index contributed by atoms with van der Waals surface area (Å²) >= 11 is 0. The molecular formula is C15H24. The molecule has 0 bridgehead atoms. The van der Waals surface area contributed by atoms with Crippen molar-refractivity contribution >= 4 is 0 Å². The van der Waals surface area contributed by atoms with Crippen LogP contribution in [0, 0.1) is 23.7 Å². The van der Waals surface area contributed by atoms with Gasteiger partial charge in [-0.3, -0.25) is 0 Å². The second kappa shape index (κ2) is 4.15. The first-order chi connectivity index (χ1) is 7.09. The lowest BCUT2D eigenvalue weighted by Crippen LogP contribution is -2.34. The van der Waals surface area contributed by atoms with Crippen molar-refractivity contribution in [3.05, 3.63) is 23.8 Å². The third-order valence-electron chi connectivity index (χ3n) is 4.60. The van der Waals surface area contributed by atoms with Crippen molar-refractivity contribution in [2.45, 2.75) is 46.5 Å². The van der Waals surface area contributed by atoms with Crippen LogP contribution in [0.25, 0.3) is 0 Å². The predicted octanol–water partition coefficient (Wildman–Crippen LogP) is 4.58. The molecule has 1 fully saturated rings. The normalized spacial score (nSPS) is 40.6. The highest BCUT2D eigenvalue weighted by atomic mass is 14.4. The van der Waals surface area contributed by atoms with Gasteiger partial charge in [-0.05, 0) is 63.2 Å². The van der Waals surface area contributed by atoms with Crippen LogP contribution in [-0.2, 0) is 0 Å². The van der Waals surface area contributed by atoms with Crippen LogP contribution < -0.4 is 0 Å². The fourth-order valence-electron chi connectivity index (χ4n) is 3.62. The molecular weight excluding hydrogens is 180 g/mol. The van der Waals surface area contributed by atoms with E-state index in [0.29, 0.717) is 0 Å². The van der Waals surface area contributed by atoms with Gasteiger partial charge in [-0.25, -0.2) is 0 Å². The van der Waals surface area contributed by atoms with E-state index in [1.165, 1.54) is 31.3 Å². The molecule has 2 unspecified atom stereocenters. The SMILES string of the molecule is C=C(C)[C@H]1CC[C@H](C)C2CCC(C)=CC21. The van der Waals surface area contributed by atoms with Crippen molar-refractivity contribution in [3.63, 3.8) is 0 Å². The molecule has 1 saturated carbocycles. The quantitative estimate of drug-likeness (QED) is 0.548. The van der Waals surface area contributed by atoms with E-state index in [4.69, 9.17) is 0 Å². The van der Waals surface area contributed by atoms with Crippen molar-refractivity contribution in [3.8, 4) is 0 Å². The van der Waals surface area contributed by atoms with Gasteiger partial charge in [0.1, 0.15) is 0 Å². The molecule has 84 valence electrons. The molecule has 0 heterocycles. The third-order valence-corrected chi connectivity index (χ3v) is 4.60. The predicted molar refractivity (Wildman–Crippen MR) is 66.7 cm³/mol. The van der Waals surface area contributed by atoms with Crippen LogP contribution in [0.15, 0.2) is 23.8 Å². The Morgan fingerprint density at radius 2 is 2.07 bits per heavy atom. The van der Waals surface area contributed by atoms with E-state index in [2.05, 4.69) is 33.4 Å². The number of fused-ring (bicyclic) bond motifs is 1. The van der Waals surface area contributed by atoms with Crippen LogP contribution in [-0.4, -0.2) is 0 Å². The van der Waals surface area contributed by atoms with Gasteiger partial charge in [-0.2, -0.15) is 0 Å². The molecule has 0 heteroatoms. The van der Waals surface area contributed by atoms with Gasteiger partial charge in [0.15, 0.2) is 0 Å². The first kappa shape index (κ1) is 11.0. The second-order valence-corrected chi connectivity index (χ2v) is 5.80. The fraction of sp³-hybridized carbons (Fsp3) is 0.733. The molecule has 2 rings (SSSR count). The molecule has 0 radical (unpaired) electrons. The summed E-state index contributed by atoms with van der Waals surface area (Å²) in [6.07, 6.45) is 8.07. The molecule has 0 aromatic heterocycles. The Kier molecular flexibility index (Phi) is 3.04. The van der Waals surface area contributed by atoms with E-state index in [1.54, 1.807) is 5.57 Å². The molecule has 2 aliphatic carbocycles. The van der Waals surface area contributed by atoms with Crippen molar-refractivity contribution in [1.82, 2.24) is 0 Å². The summed E-state index contributed by atoms with van der Waals surface area (Å²) in [5.41, 5.74) is 3.01. The highest BCUT2D eigenvalue weighted by Gasteiger charge is 2.37. The first-order valence-electron chi connectivity index (χ1n) is 6.42. The zero-order valence-electron chi connectivity index (χ0n) is 10.4. The Labute approximate surface area is 94.5 Å². The Morgan fingerprint density at radius 1 is 1.33 bits per heavy atom. The van der Waals surface area contributed by atoms with Crippen LogP contribution in [0.4, 0.5) is 0 Å². The summed E-state index contributed by atoms with van der Waals surface area (Å²) in [5.74, 6) is 3.43. The highest BCUT2D eigenvalue weighted by Crippen LogP contribution is 2.47. The average Bonchev–Trinajstić information content (AvgIpc) is 2.17. The largest absolute Gasteiger partial charge is 0.0998 e. The lowest BCUT2D eigenvalue weighted by molar-refractivity contribution is 0.135. The van der Waals surface area contributed by atoms with Crippen molar-refractivity contribution in [1.29, 1.82) is 0 Å². The molecule has 0 aromatic rings. The Bertz CT molecular complexity index is 284. The molecule has 4 atom stereocenters. The Hall–Kier alpha value is -0.520. The molecule has 0 aromatic carbocycles. The van der Waals surface area contributed by atoms with Crippen LogP contribution in [0.1, 0.15) is 46.5 Å². The van der Waals surface area contributed by atoms with E-state index in [-0.39, 0.29) is 0 Å². The minimum Gasteiger partial charge on any atom is -0.0998 e. The molecule has 2 aliphatic rings. The van der Waals surface area contributed by atoms with Gasteiger partial charge in [0.2, 0.25) is 0 Å². The molecule has 0 saturated heterocycles. The van der Waals surface area contributed by atoms with Crippen molar-refractivity contribution in [2.24, 2.45) is 23.7 Å². The number of hydrogen-bond donors (Lipinski definition) is 0. The van der Waals surface area contributed by atoms with Gasteiger partial charge in [-0.15, -0.1) is 0 Å². The summed E-state index contributed by atoms with van der Waals surface area (Å²) in [6.45, 7) is 11.2. The molecule has 15 heavy (non-hydrogen) atoms. The lowest BCUT2D eigenvalue weighted by atomic mass is 9.61. The van der Waals surface area contributed by atoms with E-state index >= 15 is 0 Å². The summed E-state index contributed by atoms with van der Waals surface area (Å²) in [5, 5.41) is 0. The van der Waals surface area contributed by atoms with Crippen molar-refractivity contribution < 1.29 is 0 Å². The van der Waals surface area contributed by atoms with Gasteiger partial charge in [0.05, 0.1) is 0 Å². The monoisotopic (exact) mass is 204 g/mol. The standard InChI is InChI=1S/C15H24/c1-10(2)13-8-6-12(4)14-7-5-11(3)9-15(13)14/h9,12-15H,1,5-8H2,2-4H3/t12-,13+,14?,15?/m0/s1. The molecule has 0 nitrogen and oxygen atoms in total. The van der Waals surface area contributed by atoms with E-state index in [0.717, 1.165) is 23.7 Å². The summed E-state index contributed by atoms with van der Waals surface area (Å²) < 4.78 is 0. The van der Waals surface area contributed by atoms with Crippen LogP contribution in [0.5, 0.6) is 0 Å². The Morgan fingerprint density at radius 3 is 2.73 bits per heavy atom. The molecule has 0 aliphatic heterocycles. The Balaban J connectivity index is 2.24. The number of allylic oxidation sites excluding steroid dienone is 3. The minimum absolute atomic E-state index is 0.765. The third kappa shape index (κ3) is 2.04. The van der Waals surface area contributed by atoms with Crippen LogP contribution >= 0.6 is 0 Å². The van der Waals surface area contributed by atoms with Gasteiger partial charge >= 0.3 is 0 Å². The maximum absolute atomic E-state index is 4.19. The van der Waals surface area contributed by atoms with Gasteiger partial charge < -0.3 is 0 Å². The maximum Gasteiger partial charge on any atom is -0.0134 e. The summed E-state index contributed by atoms with van der Waals surface area (Å²) in [4.78, 5) is 0. The number of hydrogen-bond acceptors (Lipinski definition) is 0. The zero-order chi connectivity index (χ0) is 11.0. The van der Waals surface area contributed by atoms with Gasteiger partial charge in [0.25, 0.3) is 0 Å². The lowest BCUT2D eigenvalue weighted by Gasteiger charge is -2.44. The van der Waals surface area contributed by atoms with Crippen LogP contribution in [0.2, 0.25) is 0 Å². The second-order valence-electron chi connectivity index (χ2n) is 5.80. The summed E-state index contributed by atoms with van der Waals surface area (Å²) in [7, 11) is 0. The summed E-state index contributed by atoms with van der Waals surface area (Å²) in [6, 6.07) is 0. The fourth-order valence-corrected chi connectivity index (χ4v) is 3.62. The minimum atomic E-state index is 0.765. The topological polar surface area (TPSA) is 0 Å². The van der Waals surface area contributed by atoms with E-state index < -0.39 is 0 Å². The van der Waals surface area contributed by atoms with E-state index in [9.17, 15) is 0 Å². The molecule has 0 amide bonds. The first-order valence-corrected chi connectivity index (χ1v) is 6.42.